The molecule has 0 aliphatic carbocycles. The number of halogens is 3. The standard InChI is InChI=1S/C22H21F3N6O2/c1-30-19(32)11-18(17-8-9-26-13-27-17)29-21(30)31-10-2-3-14(12-31)20(33)28-16-6-4-15(5-7-16)22(23,24)25/h4-9,11,13-14H,2-3,10,12H2,1H3,(H,28,33). The highest BCUT2D eigenvalue weighted by Gasteiger charge is 2.31. The average molecular weight is 458 g/mol. The van der Waals surface area contributed by atoms with Gasteiger partial charge in [-0.25, -0.2) is 15.0 Å². The van der Waals surface area contributed by atoms with Crippen LogP contribution in [-0.2, 0) is 18.0 Å². The van der Waals surface area contributed by atoms with Crippen molar-refractivity contribution >= 4 is 17.5 Å². The van der Waals surface area contributed by atoms with Gasteiger partial charge in [-0.05, 0) is 43.2 Å². The number of benzene rings is 1. The minimum atomic E-state index is -4.43. The smallest absolute Gasteiger partial charge is 0.341 e. The van der Waals surface area contributed by atoms with Gasteiger partial charge in [0.1, 0.15) is 6.33 Å². The predicted octanol–water partition coefficient (Wildman–Crippen LogP) is 3.11. The topological polar surface area (TPSA) is 93.0 Å². The van der Waals surface area contributed by atoms with Crippen molar-refractivity contribution in [2.75, 3.05) is 23.3 Å². The molecule has 1 aliphatic rings. The van der Waals surface area contributed by atoms with Gasteiger partial charge in [-0.1, -0.05) is 0 Å². The number of anilines is 2. The van der Waals surface area contributed by atoms with Gasteiger partial charge in [0.15, 0.2) is 0 Å². The molecule has 1 aromatic carbocycles. The molecule has 3 aromatic rings. The van der Waals surface area contributed by atoms with Gasteiger partial charge in [-0.3, -0.25) is 14.2 Å². The molecule has 1 aliphatic heterocycles. The summed E-state index contributed by atoms with van der Waals surface area (Å²) in [6.45, 7) is 0.928. The highest BCUT2D eigenvalue weighted by molar-refractivity contribution is 5.93. The molecule has 0 radical (unpaired) electrons. The summed E-state index contributed by atoms with van der Waals surface area (Å²) in [6, 6.07) is 7.38. The zero-order chi connectivity index (χ0) is 23.6. The second-order valence-corrected chi connectivity index (χ2v) is 7.78. The first-order chi connectivity index (χ1) is 15.7. The Balaban J connectivity index is 1.51. The van der Waals surface area contributed by atoms with Crippen LogP contribution in [0.4, 0.5) is 24.8 Å². The first kappa shape index (κ1) is 22.4. The highest BCUT2D eigenvalue weighted by atomic mass is 19.4. The van der Waals surface area contributed by atoms with E-state index < -0.39 is 17.7 Å². The van der Waals surface area contributed by atoms with Crippen LogP contribution in [0.3, 0.4) is 0 Å². The van der Waals surface area contributed by atoms with Crippen LogP contribution >= 0.6 is 0 Å². The summed E-state index contributed by atoms with van der Waals surface area (Å²) in [5, 5.41) is 2.69. The fourth-order valence-electron chi connectivity index (χ4n) is 3.74. The summed E-state index contributed by atoms with van der Waals surface area (Å²) in [6.07, 6.45) is -0.197. The van der Waals surface area contributed by atoms with Gasteiger partial charge in [0.05, 0.1) is 22.9 Å². The Hall–Kier alpha value is -3.76. The highest BCUT2D eigenvalue weighted by Crippen LogP contribution is 2.30. The zero-order valence-corrected chi connectivity index (χ0v) is 17.7. The zero-order valence-electron chi connectivity index (χ0n) is 17.7. The predicted molar refractivity (Wildman–Crippen MR) is 116 cm³/mol. The molecule has 0 spiro atoms. The lowest BCUT2D eigenvalue weighted by Crippen LogP contribution is -2.43. The second-order valence-electron chi connectivity index (χ2n) is 7.78. The van der Waals surface area contributed by atoms with Crippen LogP contribution in [-0.4, -0.2) is 38.5 Å². The van der Waals surface area contributed by atoms with Crippen LogP contribution in [0.25, 0.3) is 11.4 Å². The van der Waals surface area contributed by atoms with E-state index in [1.807, 2.05) is 4.90 Å². The van der Waals surface area contributed by atoms with E-state index in [0.717, 1.165) is 12.1 Å². The van der Waals surface area contributed by atoms with Crippen LogP contribution in [0.5, 0.6) is 0 Å². The molecule has 1 fully saturated rings. The minimum Gasteiger partial charge on any atom is -0.341 e. The first-order valence-electron chi connectivity index (χ1n) is 10.3. The summed E-state index contributed by atoms with van der Waals surface area (Å²) < 4.78 is 39.7. The normalized spacial score (nSPS) is 16.5. The van der Waals surface area contributed by atoms with Crippen molar-refractivity contribution in [2.24, 2.45) is 13.0 Å². The molecular weight excluding hydrogens is 437 g/mol. The van der Waals surface area contributed by atoms with Crippen LogP contribution in [0.1, 0.15) is 18.4 Å². The lowest BCUT2D eigenvalue weighted by molar-refractivity contribution is -0.137. The number of nitrogens with one attached hydrogen (secondary N) is 1. The fraction of sp³-hybridized carbons (Fsp3) is 0.318. The van der Waals surface area contributed by atoms with E-state index >= 15 is 0 Å². The van der Waals surface area contributed by atoms with Crippen molar-refractivity contribution in [1.82, 2.24) is 19.5 Å². The number of hydrogen-bond acceptors (Lipinski definition) is 6. The lowest BCUT2D eigenvalue weighted by Gasteiger charge is -2.33. The molecule has 1 saturated heterocycles. The number of aromatic nitrogens is 4. The number of amides is 1. The number of rotatable bonds is 4. The van der Waals surface area contributed by atoms with E-state index in [0.29, 0.717) is 49.0 Å². The van der Waals surface area contributed by atoms with Crippen LogP contribution in [0.2, 0.25) is 0 Å². The molecular formula is C22H21F3N6O2. The van der Waals surface area contributed by atoms with Crippen molar-refractivity contribution in [3.63, 3.8) is 0 Å². The van der Waals surface area contributed by atoms with Crippen molar-refractivity contribution in [1.29, 1.82) is 0 Å². The van der Waals surface area contributed by atoms with Crippen molar-refractivity contribution < 1.29 is 18.0 Å². The molecule has 4 rings (SSSR count). The van der Waals surface area contributed by atoms with Gasteiger partial charge in [0.2, 0.25) is 11.9 Å². The number of nitrogens with zero attached hydrogens (tertiary/aromatic N) is 5. The largest absolute Gasteiger partial charge is 0.416 e. The lowest BCUT2D eigenvalue weighted by atomic mass is 9.97. The van der Waals surface area contributed by atoms with Crippen molar-refractivity contribution in [2.45, 2.75) is 19.0 Å². The maximum Gasteiger partial charge on any atom is 0.416 e. The average Bonchev–Trinajstić information content (AvgIpc) is 2.81. The molecule has 3 heterocycles. The molecule has 172 valence electrons. The summed E-state index contributed by atoms with van der Waals surface area (Å²) in [5.74, 6) is -0.291. The monoisotopic (exact) mass is 458 g/mol. The Morgan fingerprint density at radius 1 is 1.15 bits per heavy atom. The quantitative estimate of drug-likeness (QED) is 0.646. The van der Waals surface area contributed by atoms with E-state index in [9.17, 15) is 22.8 Å². The number of carbonyl (C=O) groups is 1. The van der Waals surface area contributed by atoms with Crippen LogP contribution < -0.4 is 15.8 Å². The van der Waals surface area contributed by atoms with Crippen molar-refractivity contribution in [3.05, 3.63) is 64.8 Å². The maximum atomic E-state index is 12.8. The van der Waals surface area contributed by atoms with Gasteiger partial charge in [-0.2, -0.15) is 13.2 Å². The Morgan fingerprint density at radius 2 is 1.91 bits per heavy atom. The molecule has 33 heavy (non-hydrogen) atoms. The Kier molecular flexibility index (Phi) is 6.12. The summed E-state index contributed by atoms with van der Waals surface area (Å²) in [4.78, 5) is 39.8. The van der Waals surface area contributed by atoms with Gasteiger partial charge >= 0.3 is 6.18 Å². The fourth-order valence-corrected chi connectivity index (χ4v) is 3.74. The molecule has 0 saturated carbocycles. The van der Waals surface area contributed by atoms with E-state index in [1.54, 1.807) is 19.3 Å². The second kappa shape index (κ2) is 9.00. The number of piperidine rings is 1. The molecule has 8 nitrogen and oxygen atoms in total. The minimum absolute atomic E-state index is 0.259. The molecule has 1 N–H and O–H groups in total. The molecule has 11 heteroatoms. The molecule has 1 unspecified atom stereocenters. The van der Waals surface area contributed by atoms with E-state index in [-0.39, 0.29) is 11.5 Å². The maximum absolute atomic E-state index is 12.8. The summed E-state index contributed by atoms with van der Waals surface area (Å²) in [5.41, 5.74) is 0.177. The number of alkyl halides is 3. The molecule has 1 amide bonds. The van der Waals surface area contributed by atoms with Gasteiger partial charge in [0.25, 0.3) is 5.56 Å². The number of carbonyl (C=O) groups excluding carboxylic acids is 1. The Morgan fingerprint density at radius 3 is 2.58 bits per heavy atom. The third-order valence-corrected chi connectivity index (χ3v) is 5.51. The third kappa shape index (κ3) is 5.02. The molecule has 1 atom stereocenters. The number of hydrogen-bond donors (Lipinski definition) is 1. The van der Waals surface area contributed by atoms with Crippen LogP contribution in [0.15, 0.2) is 53.7 Å². The van der Waals surface area contributed by atoms with Gasteiger partial charge < -0.3 is 10.2 Å². The Labute approximate surface area is 187 Å². The van der Waals surface area contributed by atoms with Crippen molar-refractivity contribution in [3.8, 4) is 11.4 Å². The van der Waals surface area contributed by atoms with Crippen LogP contribution in [0, 0.1) is 5.92 Å². The molecule has 0 bridgehead atoms. The Bertz CT molecular complexity index is 1200. The summed E-state index contributed by atoms with van der Waals surface area (Å²) >= 11 is 0. The summed E-state index contributed by atoms with van der Waals surface area (Å²) in [7, 11) is 1.61. The third-order valence-electron chi connectivity index (χ3n) is 5.51. The van der Waals surface area contributed by atoms with E-state index in [1.165, 1.54) is 29.1 Å². The van der Waals surface area contributed by atoms with E-state index in [2.05, 4.69) is 20.3 Å². The SMILES string of the molecule is Cn1c(N2CCCC(C(=O)Nc3ccc(C(F)(F)F)cc3)C2)nc(-c2ccncn2)cc1=O. The molecule has 2 aromatic heterocycles. The van der Waals surface area contributed by atoms with E-state index in [4.69, 9.17) is 0 Å². The first-order valence-corrected chi connectivity index (χ1v) is 10.3. The van der Waals surface area contributed by atoms with Gasteiger partial charge in [-0.15, -0.1) is 0 Å². The van der Waals surface area contributed by atoms with Gasteiger partial charge in [0, 0.05) is 38.1 Å².